The molecule has 0 saturated heterocycles. The molecule has 0 saturated carbocycles. The van der Waals surface area contributed by atoms with Crippen LogP contribution >= 0.6 is 15.9 Å². The van der Waals surface area contributed by atoms with E-state index in [2.05, 4.69) is 15.9 Å². The minimum absolute atomic E-state index is 0.0465. The largest absolute Gasteiger partial charge is 0.493 e. The van der Waals surface area contributed by atoms with E-state index in [4.69, 9.17) is 4.74 Å². The fraction of sp³-hybridized carbons (Fsp3) is 0.235. The number of hydrogen-bond acceptors (Lipinski definition) is 2. The second-order valence-electron chi connectivity index (χ2n) is 5.09. The van der Waals surface area contributed by atoms with Crippen molar-refractivity contribution in [2.45, 2.75) is 19.8 Å². The molecule has 102 valence electrons. The molecule has 0 amide bonds. The Balaban J connectivity index is 1.98. The number of ketones is 1. The second-order valence-corrected chi connectivity index (χ2v) is 5.94. The third-order valence-electron chi connectivity index (χ3n) is 3.54. The molecule has 0 aromatic heterocycles. The Morgan fingerprint density at radius 2 is 2.05 bits per heavy atom. The van der Waals surface area contributed by atoms with Crippen molar-refractivity contribution in [1.82, 2.24) is 0 Å². The fourth-order valence-corrected chi connectivity index (χ4v) is 3.13. The van der Waals surface area contributed by atoms with E-state index in [-0.39, 0.29) is 5.78 Å². The molecule has 1 heterocycles. The molecule has 0 fully saturated rings. The first kappa shape index (κ1) is 13.4. The Kier molecular flexibility index (Phi) is 3.62. The van der Waals surface area contributed by atoms with Crippen LogP contribution in [-0.4, -0.2) is 12.4 Å². The molecule has 2 aromatic rings. The summed E-state index contributed by atoms with van der Waals surface area (Å²) in [5.41, 5.74) is 3.68. The van der Waals surface area contributed by atoms with Crippen LogP contribution in [-0.2, 0) is 6.42 Å². The van der Waals surface area contributed by atoms with E-state index in [1.807, 2.05) is 43.3 Å². The van der Waals surface area contributed by atoms with Gasteiger partial charge in [-0.2, -0.15) is 0 Å². The number of carbonyl (C=O) groups is 1. The number of halogens is 1. The van der Waals surface area contributed by atoms with E-state index in [0.717, 1.165) is 46.4 Å². The molecular formula is C17H15BrO2. The summed E-state index contributed by atoms with van der Waals surface area (Å²) >= 11 is 3.47. The number of benzene rings is 2. The van der Waals surface area contributed by atoms with Crippen LogP contribution in [0.15, 0.2) is 40.9 Å². The maximum atomic E-state index is 12.6. The standard InChI is InChI=1S/C17H15BrO2/c1-11-4-6-14(15(18)9-11)17(19)13-5-7-16-12(10-13)3-2-8-20-16/h4-7,9-10H,2-3,8H2,1H3. The minimum Gasteiger partial charge on any atom is -0.493 e. The maximum Gasteiger partial charge on any atom is 0.194 e. The predicted octanol–water partition coefficient (Wildman–Crippen LogP) is 4.31. The van der Waals surface area contributed by atoms with Crippen molar-refractivity contribution >= 4 is 21.7 Å². The van der Waals surface area contributed by atoms with Gasteiger partial charge in [-0.05, 0) is 61.2 Å². The van der Waals surface area contributed by atoms with Crippen LogP contribution < -0.4 is 4.74 Å². The summed E-state index contributed by atoms with van der Waals surface area (Å²) < 4.78 is 6.43. The lowest BCUT2D eigenvalue weighted by molar-refractivity contribution is 0.103. The van der Waals surface area contributed by atoms with Gasteiger partial charge in [-0.3, -0.25) is 4.79 Å². The molecule has 0 unspecified atom stereocenters. The van der Waals surface area contributed by atoms with Gasteiger partial charge in [0.25, 0.3) is 0 Å². The smallest absolute Gasteiger partial charge is 0.194 e. The third-order valence-corrected chi connectivity index (χ3v) is 4.20. The molecule has 2 nitrogen and oxygen atoms in total. The number of hydrogen-bond donors (Lipinski definition) is 0. The molecule has 0 bridgehead atoms. The minimum atomic E-state index is 0.0465. The SMILES string of the molecule is Cc1ccc(C(=O)c2ccc3c(c2)CCCO3)c(Br)c1. The highest BCUT2D eigenvalue weighted by Crippen LogP contribution is 2.28. The van der Waals surface area contributed by atoms with Crippen LogP contribution in [0.25, 0.3) is 0 Å². The first-order valence-corrected chi connectivity index (χ1v) is 7.51. The lowest BCUT2D eigenvalue weighted by Crippen LogP contribution is -2.10. The van der Waals surface area contributed by atoms with Gasteiger partial charge in [-0.25, -0.2) is 0 Å². The summed E-state index contributed by atoms with van der Waals surface area (Å²) in [6.07, 6.45) is 1.99. The maximum absolute atomic E-state index is 12.6. The first-order valence-electron chi connectivity index (χ1n) is 6.72. The zero-order valence-electron chi connectivity index (χ0n) is 11.3. The average molecular weight is 331 g/mol. The number of aryl methyl sites for hydroxylation is 2. The lowest BCUT2D eigenvalue weighted by Gasteiger charge is -2.17. The van der Waals surface area contributed by atoms with Crippen molar-refractivity contribution in [2.24, 2.45) is 0 Å². The molecule has 2 aromatic carbocycles. The fourth-order valence-electron chi connectivity index (χ4n) is 2.46. The number of ether oxygens (including phenoxy) is 1. The quantitative estimate of drug-likeness (QED) is 0.767. The van der Waals surface area contributed by atoms with Gasteiger partial charge in [0.05, 0.1) is 6.61 Å². The summed E-state index contributed by atoms with van der Waals surface area (Å²) in [5, 5.41) is 0. The molecule has 0 aliphatic carbocycles. The highest BCUT2D eigenvalue weighted by Gasteiger charge is 2.16. The molecular weight excluding hydrogens is 316 g/mol. The molecule has 0 N–H and O–H groups in total. The Morgan fingerprint density at radius 1 is 1.20 bits per heavy atom. The van der Waals surface area contributed by atoms with Gasteiger partial charge >= 0.3 is 0 Å². The van der Waals surface area contributed by atoms with Crippen molar-refractivity contribution in [1.29, 1.82) is 0 Å². The van der Waals surface area contributed by atoms with Crippen molar-refractivity contribution in [3.8, 4) is 5.75 Å². The van der Waals surface area contributed by atoms with Crippen LogP contribution in [0.3, 0.4) is 0 Å². The van der Waals surface area contributed by atoms with Crippen LogP contribution in [0.2, 0.25) is 0 Å². The normalized spacial score (nSPS) is 13.5. The lowest BCUT2D eigenvalue weighted by atomic mass is 9.97. The summed E-state index contributed by atoms with van der Waals surface area (Å²) in [7, 11) is 0. The van der Waals surface area contributed by atoms with E-state index in [1.165, 1.54) is 0 Å². The van der Waals surface area contributed by atoms with E-state index in [1.54, 1.807) is 0 Å². The van der Waals surface area contributed by atoms with Crippen LogP contribution in [0.5, 0.6) is 5.75 Å². The Morgan fingerprint density at radius 3 is 2.85 bits per heavy atom. The number of fused-ring (bicyclic) bond motifs is 1. The Hall–Kier alpha value is -1.61. The second kappa shape index (κ2) is 5.41. The summed E-state index contributed by atoms with van der Waals surface area (Å²) in [4.78, 5) is 12.6. The van der Waals surface area contributed by atoms with Gasteiger partial charge in [0.2, 0.25) is 0 Å². The van der Waals surface area contributed by atoms with Gasteiger partial charge in [-0.1, -0.05) is 22.0 Å². The highest BCUT2D eigenvalue weighted by molar-refractivity contribution is 9.10. The topological polar surface area (TPSA) is 26.3 Å². The first-order chi connectivity index (χ1) is 9.65. The molecule has 1 aliphatic rings. The molecule has 3 rings (SSSR count). The van der Waals surface area contributed by atoms with E-state index < -0.39 is 0 Å². The summed E-state index contributed by atoms with van der Waals surface area (Å²) in [6, 6.07) is 11.5. The van der Waals surface area contributed by atoms with E-state index in [9.17, 15) is 4.79 Å². The van der Waals surface area contributed by atoms with Gasteiger partial charge in [0, 0.05) is 15.6 Å². The Bertz CT molecular complexity index is 677. The van der Waals surface area contributed by atoms with E-state index in [0.29, 0.717) is 5.56 Å². The monoisotopic (exact) mass is 330 g/mol. The Labute approximate surface area is 126 Å². The van der Waals surface area contributed by atoms with E-state index >= 15 is 0 Å². The molecule has 0 atom stereocenters. The highest BCUT2D eigenvalue weighted by atomic mass is 79.9. The van der Waals surface area contributed by atoms with Gasteiger partial charge < -0.3 is 4.74 Å². The van der Waals surface area contributed by atoms with Crippen LogP contribution in [0.1, 0.15) is 33.5 Å². The zero-order chi connectivity index (χ0) is 14.1. The third kappa shape index (κ3) is 2.50. The summed E-state index contributed by atoms with van der Waals surface area (Å²) in [5.74, 6) is 0.959. The molecule has 0 spiro atoms. The van der Waals surface area contributed by atoms with Crippen LogP contribution in [0, 0.1) is 6.92 Å². The number of carbonyl (C=O) groups excluding carboxylic acids is 1. The average Bonchev–Trinajstić information content (AvgIpc) is 2.46. The number of rotatable bonds is 2. The van der Waals surface area contributed by atoms with Crippen molar-refractivity contribution in [2.75, 3.05) is 6.61 Å². The zero-order valence-corrected chi connectivity index (χ0v) is 12.9. The van der Waals surface area contributed by atoms with Crippen molar-refractivity contribution < 1.29 is 9.53 Å². The van der Waals surface area contributed by atoms with Crippen LogP contribution in [0.4, 0.5) is 0 Å². The molecule has 20 heavy (non-hydrogen) atoms. The molecule has 1 aliphatic heterocycles. The predicted molar refractivity (Wildman–Crippen MR) is 82.6 cm³/mol. The van der Waals surface area contributed by atoms with Gasteiger partial charge in [0.15, 0.2) is 5.78 Å². The van der Waals surface area contributed by atoms with Crippen molar-refractivity contribution in [3.05, 3.63) is 63.1 Å². The van der Waals surface area contributed by atoms with Crippen molar-refractivity contribution in [3.63, 3.8) is 0 Å². The molecule has 0 radical (unpaired) electrons. The van der Waals surface area contributed by atoms with Gasteiger partial charge in [0.1, 0.15) is 5.75 Å². The molecule has 3 heteroatoms. The van der Waals surface area contributed by atoms with Gasteiger partial charge in [-0.15, -0.1) is 0 Å². The summed E-state index contributed by atoms with van der Waals surface area (Å²) in [6.45, 7) is 2.78.